The first kappa shape index (κ1) is 25.2. The van der Waals surface area contributed by atoms with Gasteiger partial charge in [0.2, 0.25) is 0 Å². The highest BCUT2D eigenvalue weighted by Gasteiger charge is 2.27. The number of alkyl halides is 1. The second-order valence-electron chi connectivity index (χ2n) is 8.34. The fourth-order valence-electron chi connectivity index (χ4n) is 3.64. The van der Waals surface area contributed by atoms with Gasteiger partial charge in [0.25, 0.3) is 0 Å². The Labute approximate surface area is 197 Å². The van der Waals surface area contributed by atoms with Gasteiger partial charge in [-0.25, -0.2) is 8.78 Å². The van der Waals surface area contributed by atoms with E-state index in [-0.39, 0.29) is 11.7 Å². The van der Waals surface area contributed by atoms with E-state index >= 15 is 0 Å². The summed E-state index contributed by atoms with van der Waals surface area (Å²) >= 11 is 0. The molecule has 3 rings (SSSR count). The highest BCUT2D eigenvalue weighted by Crippen LogP contribution is 2.34. The molecule has 0 saturated heterocycles. The maximum absolute atomic E-state index is 14.4. The molecule has 0 saturated carbocycles. The highest BCUT2D eigenvalue weighted by molar-refractivity contribution is 5.80. The average Bonchev–Trinajstić information content (AvgIpc) is 2.82. The molecule has 34 heavy (non-hydrogen) atoms. The van der Waals surface area contributed by atoms with Crippen molar-refractivity contribution in [2.24, 2.45) is 0 Å². The molecular formula is C27H27F2NO4. The molecule has 0 aliphatic carbocycles. The Morgan fingerprint density at radius 3 is 2.26 bits per heavy atom. The van der Waals surface area contributed by atoms with Gasteiger partial charge in [0, 0.05) is 11.1 Å². The van der Waals surface area contributed by atoms with Crippen molar-refractivity contribution in [2.45, 2.75) is 44.6 Å². The third-order valence-corrected chi connectivity index (χ3v) is 5.40. The van der Waals surface area contributed by atoms with E-state index in [0.717, 1.165) is 5.56 Å². The molecule has 178 valence electrons. The van der Waals surface area contributed by atoms with Gasteiger partial charge in [-0.1, -0.05) is 68.5 Å². The standard InChI is InChI=1S/C27H27F2NO4/c1-16(2)27-20(12-13-23(31)26(29)24(32)15-25(33)34)21(17-8-10-19(28)11-9-17)14-22(30-27)18-6-4-3-5-7-18/h3-14,16,23-24,26,31-32H,15H2,1-2H3,(H,33,34)/b13-12+/t23-,24+,26+/m1/s1. The Morgan fingerprint density at radius 1 is 1.03 bits per heavy atom. The summed E-state index contributed by atoms with van der Waals surface area (Å²) in [7, 11) is 0. The topological polar surface area (TPSA) is 90.7 Å². The molecule has 0 aliphatic heterocycles. The van der Waals surface area contributed by atoms with Crippen molar-refractivity contribution in [3.8, 4) is 22.4 Å². The number of halogens is 2. The first-order valence-electron chi connectivity index (χ1n) is 10.9. The summed E-state index contributed by atoms with van der Waals surface area (Å²) in [5.74, 6) is -1.79. The number of benzene rings is 2. The zero-order valence-corrected chi connectivity index (χ0v) is 18.9. The quantitative estimate of drug-likeness (QED) is 0.401. The lowest BCUT2D eigenvalue weighted by atomic mass is 9.91. The van der Waals surface area contributed by atoms with E-state index in [4.69, 9.17) is 10.1 Å². The number of aliphatic carboxylic acids is 1. The van der Waals surface area contributed by atoms with E-state index in [9.17, 15) is 23.8 Å². The third-order valence-electron chi connectivity index (χ3n) is 5.40. The van der Waals surface area contributed by atoms with E-state index in [0.29, 0.717) is 28.1 Å². The number of carboxylic acids is 1. The van der Waals surface area contributed by atoms with Crippen LogP contribution in [0.5, 0.6) is 0 Å². The summed E-state index contributed by atoms with van der Waals surface area (Å²) in [6, 6.07) is 17.4. The van der Waals surface area contributed by atoms with E-state index in [1.807, 2.05) is 50.2 Å². The predicted octanol–water partition coefficient (Wildman–Crippen LogP) is 5.23. The van der Waals surface area contributed by atoms with Gasteiger partial charge in [-0.2, -0.15) is 0 Å². The number of aromatic nitrogens is 1. The lowest BCUT2D eigenvalue weighted by Gasteiger charge is -2.19. The number of carbonyl (C=O) groups is 1. The van der Waals surface area contributed by atoms with Gasteiger partial charge < -0.3 is 15.3 Å². The smallest absolute Gasteiger partial charge is 0.306 e. The zero-order valence-electron chi connectivity index (χ0n) is 18.9. The molecule has 1 heterocycles. The first-order chi connectivity index (χ1) is 16.2. The van der Waals surface area contributed by atoms with Crippen LogP contribution in [0.15, 0.2) is 66.7 Å². The second-order valence-corrected chi connectivity index (χ2v) is 8.34. The van der Waals surface area contributed by atoms with Crippen LogP contribution in [0.1, 0.15) is 37.4 Å². The molecule has 2 aromatic carbocycles. The number of aliphatic hydroxyl groups is 2. The van der Waals surface area contributed by atoms with E-state index in [1.165, 1.54) is 24.3 Å². The van der Waals surface area contributed by atoms with Crippen molar-refractivity contribution in [1.82, 2.24) is 4.98 Å². The lowest BCUT2D eigenvalue weighted by Crippen LogP contribution is -2.34. The molecule has 3 N–H and O–H groups in total. The van der Waals surface area contributed by atoms with Gasteiger partial charge in [-0.05, 0) is 35.2 Å². The zero-order chi connectivity index (χ0) is 24.8. The molecule has 5 nitrogen and oxygen atoms in total. The first-order valence-corrected chi connectivity index (χ1v) is 10.9. The number of rotatable bonds is 9. The number of aliphatic hydroxyl groups excluding tert-OH is 2. The Bertz CT molecular complexity index is 1150. The molecule has 0 spiro atoms. The molecule has 0 radical (unpaired) electrons. The minimum absolute atomic E-state index is 0.0431. The largest absolute Gasteiger partial charge is 0.481 e. The molecule has 0 bridgehead atoms. The fourth-order valence-corrected chi connectivity index (χ4v) is 3.64. The summed E-state index contributed by atoms with van der Waals surface area (Å²) < 4.78 is 28.0. The predicted molar refractivity (Wildman–Crippen MR) is 127 cm³/mol. The minimum Gasteiger partial charge on any atom is -0.481 e. The Morgan fingerprint density at radius 2 is 1.68 bits per heavy atom. The number of hydrogen-bond donors (Lipinski definition) is 3. The Kier molecular flexibility index (Phi) is 8.26. The van der Waals surface area contributed by atoms with Gasteiger partial charge in [0.05, 0.1) is 23.9 Å². The van der Waals surface area contributed by atoms with Crippen LogP contribution in [0.2, 0.25) is 0 Å². The lowest BCUT2D eigenvalue weighted by molar-refractivity contribution is -0.140. The molecule has 0 fully saturated rings. The second kappa shape index (κ2) is 11.1. The summed E-state index contributed by atoms with van der Waals surface area (Å²) in [6.07, 6.45) is -3.90. The van der Waals surface area contributed by atoms with Crippen LogP contribution in [0.3, 0.4) is 0 Å². The van der Waals surface area contributed by atoms with Crippen LogP contribution in [-0.2, 0) is 4.79 Å². The van der Waals surface area contributed by atoms with Crippen molar-refractivity contribution in [3.05, 3.63) is 83.8 Å². The summed E-state index contributed by atoms with van der Waals surface area (Å²) in [4.78, 5) is 15.6. The van der Waals surface area contributed by atoms with Gasteiger partial charge in [0.1, 0.15) is 11.9 Å². The molecule has 0 aliphatic rings. The van der Waals surface area contributed by atoms with Crippen LogP contribution in [0.4, 0.5) is 8.78 Å². The summed E-state index contributed by atoms with van der Waals surface area (Å²) in [6.45, 7) is 3.90. The maximum atomic E-state index is 14.4. The van der Waals surface area contributed by atoms with E-state index < -0.39 is 30.8 Å². The fraction of sp³-hybridized carbons (Fsp3) is 0.259. The van der Waals surface area contributed by atoms with Gasteiger partial charge in [-0.15, -0.1) is 0 Å². The van der Waals surface area contributed by atoms with Crippen molar-refractivity contribution >= 4 is 12.0 Å². The summed E-state index contributed by atoms with van der Waals surface area (Å²) in [5, 5.41) is 28.7. The summed E-state index contributed by atoms with van der Waals surface area (Å²) in [5.41, 5.74) is 4.32. The molecular weight excluding hydrogens is 440 g/mol. The number of nitrogens with zero attached hydrogens (tertiary/aromatic N) is 1. The normalized spacial score (nSPS) is 14.3. The van der Waals surface area contributed by atoms with Crippen molar-refractivity contribution < 1.29 is 28.9 Å². The Hall–Kier alpha value is -3.42. The van der Waals surface area contributed by atoms with E-state index in [2.05, 4.69) is 0 Å². The van der Waals surface area contributed by atoms with Crippen LogP contribution in [-0.4, -0.2) is 44.7 Å². The van der Waals surface area contributed by atoms with Gasteiger partial charge in [-0.3, -0.25) is 9.78 Å². The monoisotopic (exact) mass is 467 g/mol. The molecule has 0 unspecified atom stereocenters. The molecule has 0 amide bonds. The van der Waals surface area contributed by atoms with Crippen LogP contribution in [0.25, 0.3) is 28.5 Å². The van der Waals surface area contributed by atoms with Crippen LogP contribution in [0, 0.1) is 5.82 Å². The number of hydrogen-bond acceptors (Lipinski definition) is 4. The molecule has 3 atom stereocenters. The Balaban J connectivity index is 2.11. The number of carboxylic acid groups (broad SMARTS) is 1. The maximum Gasteiger partial charge on any atom is 0.306 e. The number of pyridine rings is 1. The molecule has 3 aromatic rings. The minimum atomic E-state index is -2.18. The SMILES string of the molecule is CC(C)c1nc(-c2ccccc2)cc(-c2ccc(F)cc2)c1/C=C/[C@@H](O)[C@H](F)[C@@H](O)CC(=O)O. The average molecular weight is 468 g/mol. The highest BCUT2D eigenvalue weighted by atomic mass is 19.1. The van der Waals surface area contributed by atoms with Crippen molar-refractivity contribution in [3.63, 3.8) is 0 Å². The van der Waals surface area contributed by atoms with Crippen LogP contribution < -0.4 is 0 Å². The van der Waals surface area contributed by atoms with Gasteiger partial charge in [0.15, 0.2) is 6.17 Å². The van der Waals surface area contributed by atoms with Crippen molar-refractivity contribution in [2.75, 3.05) is 0 Å². The van der Waals surface area contributed by atoms with E-state index in [1.54, 1.807) is 12.1 Å². The molecule has 1 aromatic heterocycles. The third kappa shape index (κ3) is 6.12. The van der Waals surface area contributed by atoms with Crippen molar-refractivity contribution in [1.29, 1.82) is 0 Å². The molecule has 7 heteroatoms. The van der Waals surface area contributed by atoms with Crippen LogP contribution >= 0.6 is 0 Å². The van der Waals surface area contributed by atoms with Gasteiger partial charge >= 0.3 is 5.97 Å².